The van der Waals surface area contributed by atoms with Crippen LogP contribution in [0.5, 0.6) is 11.5 Å². The first-order valence-electron chi connectivity index (χ1n) is 6.55. The average Bonchev–Trinajstić information content (AvgIpc) is 2.54. The van der Waals surface area contributed by atoms with Gasteiger partial charge in [-0.15, -0.1) is 0 Å². The van der Waals surface area contributed by atoms with Crippen molar-refractivity contribution in [2.24, 2.45) is 0 Å². The molecule has 0 bridgehead atoms. The summed E-state index contributed by atoms with van der Waals surface area (Å²) in [5.74, 6) is -0.0859. The van der Waals surface area contributed by atoms with E-state index in [9.17, 15) is 14.7 Å². The SMILES string of the molecule is COc1cccc(/C=C/C(=O)Nn2ccc(=O)c(O)c2C)c1. The van der Waals surface area contributed by atoms with Gasteiger partial charge in [0.15, 0.2) is 5.75 Å². The first-order chi connectivity index (χ1) is 10.5. The standard InChI is InChI=1S/C16H16N2O4/c1-11-16(21)14(19)8-9-18(11)17-15(20)7-6-12-4-3-5-13(10-12)22-2/h3-10,21H,1-2H3,(H,17,20)/b7-6+. The van der Waals surface area contributed by atoms with Crippen molar-refractivity contribution in [1.82, 2.24) is 4.68 Å². The van der Waals surface area contributed by atoms with E-state index in [2.05, 4.69) is 5.43 Å². The molecule has 0 spiro atoms. The Labute approximate surface area is 127 Å². The third-order valence-electron chi connectivity index (χ3n) is 3.06. The van der Waals surface area contributed by atoms with Gasteiger partial charge in [0.2, 0.25) is 5.43 Å². The molecule has 0 unspecified atom stereocenters. The van der Waals surface area contributed by atoms with E-state index in [4.69, 9.17) is 4.74 Å². The van der Waals surface area contributed by atoms with E-state index in [1.54, 1.807) is 19.3 Å². The van der Waals surface area contributed by atoms with Crippen LogP contribution in [0.4, 0.5) is 0 Å². The fourth-order valence-electron chi connectivity index (χ4n) is 1.82. The number of ether oxygens (including phenoxy) is 1. The largest absolute Gasteiger partial charge is 0.503 e. The van der Waals surface area contributed by atoms with Crippen LogP contribution in [0.25, 0.3) is 6.08 Å². The zero-order chi connectivity index (χ0) is 16.1. The number of aromatic nitrogens is 1. The molecule has 0 saturated carbocycles. The Morgan fingerprint density at radius 1 is 1.36 bits per heavy atom. The molecule has 6 nitrogen and oxygen atoms in total. The first-order valence-corrected chi connectivity index (χ1v) is 6.55. The number of hydrogen-bond acceptors (Lipinski definition) is 4. The summed E-state index contributed by atoms with van der Waals surface area (Å²) in [4.78, 5) is 23.1. The van der Waals surface area contributed by atoms with E-state index in [1.807, 2.05) is 18.2 Å². The van der Waals surface area contributed by atoms with E-state index in [1.165, 1.54) is 29.9 Å². The van der Waals surface area contributed by atoms with Crippen LogP contribution in [0, 0.1) is 6.92 Å². The Balaban J connectivity index is 2.11. The average molecular weight is 300 g/mol. The molecule has 0 aliphatic rings. The third-order valence-corrected chi connectivity index (χ3v) is 3.06. The molecule has 0 radical (unpaired) electrons. The molecule has 2 rings (SSSR count). The second kappa shape index (κ2) is 6.62. The molecule has 2 N–H and O–H groups in total. The van der Waals surface area contributed by atoms with E-state index < -0.39 is 11.3 Å². The number of carbonyl (C=O) groups excluding carboxylic acids is 1. The Morgan fingerprint density at radius 2 is 2.14 bits per heavy atom. The molecule has 1 amide bonds. The number of hydrogen-bond donors (Lipinski definition) is 2. The highest BCUT2D eigenvalue weighted by Crippen LogP contribution is 2.13. The van der Waals surface area contributed by atoms with Gasteiger partial charge in [-0.2, -0.15) is 0 Å². The quantitative estimate of drug-likeness (QED) is 0.841. The van der Waals surface area contributed by atoms with Crippen molar-refractivity contribution in [2.45, 2.75) is 6.92 Å². The van der Waals surface area contributed by atoms with Crippen LogP contribution in [0.2, 0.25) is 0 Å². The summed E-state index contributed by atoms with van der Waals surface area (Å²) < 4.78 is 6.39. The second-order valence-corrected chi connectivity index (χ2v) is 4.57. The van der Waals surface area contributed by atoms with Crippen LogP contribution in [0.15, 0.2) is 47.4 Å². The highest BCUT2D eigenvalue weighted by molar-refractivity contribution is 5.97. The minimum Gasteiger partial charge on any atom is -0.503 e. The number of nitrogens with one attached hydrogen (secondary N) is 1. The number of amides is 1. The van der Waals surface area contributed by atoms with Crippen molar-refractivity contribution < 1.29 is 14.6 Å². The molecule has 22 heavy (non-hydrogen) atoms. The van der Waals surface area contributed by atoms with Gasteiger partial charge in [0.05, 0.1) is 12.8 Å². The Hall–Kier alpha value is -3.02. The second-order valence-electron chi connectivity index (χ2n) is 4.57. The molecular weight excluding hydrogens is 284 g/mol. The summed E-state index contributed by atoms with van der Waals surface area (Å²) >= 11 is 0. The van der Waals surface area contributed by atoms with Crippen LogP contribution in [-0.2, 0) is 4.79 Å². The van der Waals surface area contributed by atoms with Gasteiger partial charge in [0.25, 0.3) is 5.91 Å². The number of methoxy groups -OCH3 is 1. The van der Waals surface area contributed by atoms with Crippen LogP contribution in [-0.4, -0.2) is 22.8 Å². The van der Waals surface area contributed by atoms with Gasteiger partial charge in [0.1, 0.15) is 5.75 Å². The van der Waals surface area contributed by atoms with Gasteiger partial charge in [-0.05, 0) is 30.7 Å². The Bertz CT molecular complexity index is 778. The fraction of sp³-hybridized carbons (Fsp3) is 0.125. The van der Waals surface area contributed by atoms with Crippen LogP contribution in [0.3, 0.4) is 0 Å². The lowest BCUT2D eigenvalue weighted by molar-refractivity contribution is -0.112. The van der Waals surface area contributed by atoms with Crippen molar-refractivity contribution in [3.05, 3.63) is 64.1 Å². The van der Waals surface area contributed by atoms with E-state index in [0.29, 0.717) is 5.75 Å². The molecule has 2 aromatic rings. The maximum Gasteiger partial charge on any atom is 0.262 e. The predicted molar refractivity (Wildman–Crippen MR) is 83.5 cm³/mol. The molecule has 0 saturated heterocycles. The van der Waals surface area contributed by atoms with Crippen molar-refractivity contribution in [2.75, 3.05) is 12.5 Å². The summed E-state index contributed by atoms with van der Waals surface area (Å²) in [6, 6.07) is 8.43. The van der Waals surface area contributed by atoms with Crippen molar-refractivity contribution in [3.63, 3.8) is 0 Å². The van der Waals surface area contributed by atoms with Gasteiger partial charge in [-0.3, -0.25) is 19.7 Å². The zero-order valence-corrected chi connectivity index (χ0v) is 12.2. The molecule has 0 aliphatic carbocycles. The monoisotopic (exact) mass is 300 g/mol. The van der Waals surface area contributed by atoms with Crippen LogP contribution in [0.1, 0.15) is 11.3 Å². The number of benzene rings is 1. The normalized spacial score (nSPS) is 10.6. The lowest BCUT2D eigenvalue weighted by Gasteiger charge is -2.11. The number of nitrogens with zero attached hydrogens (tertiary/aromatic N) is 1. The molecule has 1 aromatic heterocycles. The number of aromatic hydroxyl groups is 1. The fourth-order valence-corrected chi connectivity index (χ4v) is 1.82. The minimum absolute atomic E-state index is 0.260. The lowest BCUT2D eigenvalue weighted by Crippen LogP contribution is -2.24. The molecule has 1 aromatic carbocycles. The van der Waals surface area contributed by atoms with Crippen LogP contribution >= 0.6 is 0 Å². The number of pyridine rings is 1. The van der Waals surface area contributed by atoms with E-state index in [0.717, 1.165) is 5.56 Å². The van der Waals surface area contributed by atoms with Crippen molar-refractivity contribution in [3.8, 4) is 11.5 Å². The summed E-state index contributed by atoms with van der Waals surface area (Å²) in [6.07, 6.45) is 4.37. The molecular formula is C16H16N2O4. The predicted octanol–water partition coefficient (Wildman–Crippen LogP) is 1.65. The van der Waals surface area contributed by atoms with Crippen molar-refractivity contribution in [1.29, 1.82) is 0 Å². The van der Waals surface area contributed by atoms with E-state index >= 15 is 0 Å². The molecule has 0 atom stereocenters. The third kappa shape index (κ3) is 3.54. The Morgan fingerprint density at radius 3 is 2.86 bits per heavy atom. The minimum atomic E-state index is -0.491. The first kappa shape index (κ1) is 15.4. The number of carbonyl (C=O) groups is 1. The summed E-state index contributed by atoms with van der Waals surface area (Å²) in [7, 11) is 1.57. The van der Waals surface area contributed by atoms with Gasteiger partial charge in [-0.1, -0.05) is 12.1 Å². The van der Waals surface area contributed by atoms with Gasteiger partial charge < -0.3 is 9.84 Å². The van der Waals surface area contributed by atoms with Crippen LogP contribution < -0.4 is 15.6 Å². The maximum atomic E-state index is 11.9. The summed E-state index contributed by atoms with van der Waals surface area (Å²) in [6.45, 7) is 1.53. The number of rotatable bonds is 4. The zero-order valence-electron chi connectivity index (χ0n) is 12.2. The van der Waals surface area contributed by atoms with Crippen molar-refractivity contribution >= 4 is 12.0 Å². The molecule has 114 valence electrons. The smallest absolute Gasteiger partial charge is 0.262 e. The van der Waals surface area contributed by atoms with E-state index in [-0.39, 0.29) is 11.4 Å². The Kier molecular flexibility index (Phi) is 4.63. The van der Waals surface area contributed by atoms with Gasteiger partial charge in [0, 0.05) is 18.3 Å². The molecule has 0 fully saturated rings. The molecule has 6 heteroatoms. The highest BCUT2D eigenvalue weighted by Gasteiger charge is 2.06. The topological polar surface area (TPSA) is 80.6 Å². The highest BCUT2D eigenvalue weighted by atomic mass is 16.5. The summed E-state index contributed by atoms with van der Waals surface area (Å²) in [5.41, 5.74) is 3.12. The van der Waals surface area contributed by atoms with Gasteiger partial charge >= 0.3 is 0 Å². The molecule has 1 heterocycles. The molecule has 0 aliphatic heterocycles. The maximum absolute atomic E-state index is 11.9. The lowest BCUT2D eigenvalue weighted by atomic mass is 10.2. The summed E-state index contributed by atoms with van der Waals surface area (Å²) in [5, 5.41) is 9.55. The van der Waals surface area contributed by atoms with Gasteiger partial charge in [-0.25, -0.2) is 0 Å².